The van der Waals surface area contributed by atoms with Crippen LogP contribution in [-0.2, 0) is 9.53 Å². The van der Waals surface area contributed by atoms with Gasteiger partial charge in [-0.15, -0.1) is 0 Å². The molecule has 1 unspecified atom stereocenters. The van der Waals surface area contributed by atoms with Gasteiger partial charge in [-0.05, 0) is 59.7 Å². The van der Waals surface area contributed by atoms with Crippen molar-refractivity contribution in [2.24, 2.45) is 5.73 Å². The Labute approximate surface area is 115 Å². The molecule has 1 amide bonds. The van der Waals surface area contributed by atoms with Gasteiger partial charge in [-0.3, -0.25) is 4.79 Å². The summed E-state index contributed by atoms with van der Waals surface area (Å²) in [6.07, 6.45) is 1.42. The highest BCUT2D eigenvalue weighted by molar-refractivity contribution is 14.1. The van der Waals surface area contributed by atoms with Crippen molar-refractivity contribution in [2.75, 3.05) is 19.0 Å². The molecule has 0 aliphatic heterocycles. The molecule has 4 nitrogen and oxygen atoms in total. The topological polar surface area (TPSA) is 64.3 Å². The van der Waals surface area contributed by atoms with Crippen molar-refractivity contribution in [3.05, 3.63) is 27.8 Å². The maximum atomic E-state index is 11.7. The summed E-state index contributed by atoms with van der Waals surface area (Å²) in [6.45, 7) is 0.629. The van der Waals surface area contributed by atoms with Gasteiger partial charge >= 0.3 is 0 Å². The van der Waals surface area contributed by atoms with Gasteiger partial charge in [0, 0.05) is 23.0 Å². The zero-order valence-corrected chi connectivity index (χ0v) is 11.9. The highest BCUT2D eigenvalue weighted by Crippen LogP contribution is 2.11. The summed E-state index contributed by atoms with van der Waals surface area (Å²) >= 11 is 2.21. The number of halogens is 1. The standard InChI is InChI=1S/C12H17IN2O2/c1-17-8-2-3-11(14)12(16)15-10-6-4-9(13)5-7-10/h4-7,11H,2-3,8,14H2,1H3,(H,15,16). The summed E-state index contributed by atoms with van der Waals surface area (Å²) in [5.74, 6) is -0.151. The molecule has 1 aromatic rings. The summed E-state index contributed by atoms with van der Waals surface area (Å²) in [5.41, 5.74) is 6.54. The highest BCUT2D eigenvalue weighted by Gasteiger charge is 2.12. The van der Waals surface area contributed by atoms with Gasteiger partial charge in [0.15, 0.2) is 0 Å². The molecule has 5 heteroatoms. The Morgan fingerprint density at radius 1 is 1.47 bits per heavy atom. The van der Waals surface area contributed by atoms with Crippen LogP contribution in [0.2, 0.25) is 0 Å². The first kappa shape index (κ1) is 14.4. The van der Waals surface area contributed by atoms with Crippen LogP contribution in [0.1, 0.15) is 12.8 Å². The summed E-state index contributed by atoms with van der Waals surface area (Å²) in [4.78, 5) is 11.7. The lowest BCUT2D eigenvalue weighted by atomic mass is 10.1. The van der Waals surface area contributed by atoms with Gasteiger partial charge in [-0.25, -0.2) is 0 Å². The summed E-state index contributed by atoms with van der Waals surface area (Å²) < 4.78 is 6.04. The number of anilines is 1. The maximum Gasteiger partial charge on any atom is 0.241 e. The molecular weight excluding hydrogens is 331 g/mol. The normalized spacial score (nSPS) is 12.2. The number of nitrogens with two attached hydrogens (primary N) is 1. The molecule has 0 heterocycles. The van der Waals surface area contributed by atoms with Crippen LogP contribution in [-0.4, -0.2) is 25.7 Å². The Morgan fingerprint density at radius 3 is 2.71 bits per heavy atom. The second kappa shape index (κ2) is 7.62. The minimum atomic E-state index is -0.482. The molecule has 17 heavy (non-hydrogen) atoms. The predicted octanol–water partition coefficient (Wildman–Crippen LogP) is 1.98. The van der Waals surface area contributed by atoms with Crippen LogP contribution in [0.3, 0.4) is 0 Å². The Balaban J connectivity index is 2.40. The minimum Gasteiger partial charge on any atom is -0.385 e. The first-order valence-electron chi connectivity index (χ1n) is 5.44. The second-order valence-corrected chi connectivity index (χ2v) is 4.98. The monoisotopic (exact) mass is 348 g/mol. The third kappa shape index (κ3) is 5.47. The molecule has 0 bridgehead atoms. The van der Waals surface area contributed by atoms with Crippen LogP contribution in [0.25, 0.3) is 0 Å². The van der Waals surface area contributed by atoms with Crippen molar-refractivity contribution in [3.63, 3.8) is 0 Å². The number of rotatable bonds is 6. The van der Waals surface area contributed by atoms with Crippen molar-refractivity contribution < 1.29 is 9.53 Å². The average molecular weight is 348 g/mol. The van der Waals surface area contributed by atoms with E-state index in [4.69, 9.17) is 10.5 Å². The van der Waals surface area contributed by atoms with Crippen LogP contribution >= 0.6 is 22.6 Å². The summed E-state index contributed by atoms with van der Waals surface area (Å²) in [6, 6.07) is 7.12. The predicted molar refractivity (Wildman–Crippen MR) is 76.9 cm³/mol. The first-order chi connectivity index (χ1) is 8.13. The number of carbonyl (C=O) groups is 1. The van der Waals surface area contributed by atoms with E-state index in [1.807, 2.05) is 24.3 Å². The van der Waals surface area contributed by atoms with E-state index in [0.29, 0.717) is 13.0 Å². The van der Waals surface area contributed by atoms with Gasteiger partial charge in [-0.2, -0.15) is 0 Å². The van der Waals surface area contributed by atoms with E-state index in [-0.39, 0.29) is 5.91 Å². The molecule has 1 atom stereocenters. The number of carbonyl (C=O) groups excluding carboxylic acids is 1. The van der Waals surface area contributed by atoms with Gasteiger partial charge < -0.3 is 15.8 Å². The van der Waals surface area contributed by atoms with E-state index in [1.54, 1.807) is 7.11 Å². The van der Waals surface area contributed by atoms with Gasteiger partial charge in [0.25, 0.3) is 0 Å². The largest absolute Gasteiger partial charge is 0.385 e. The number of methoxy groups -OCH3 is 1. The van der Waals surface area contributed by atoms with Gasteiger partial charge in [-0.1, -0.05) is 0 Å². The molecule has 0 radical (unpaired) electrons. The Kier molecular flexibility index (Phi) is 6.46. The molecule has 0 saturated heterocycles. The fourth-order valence-corrected chi connectivity index (χ4v) is 1.71. The lowest BCUT2D eigenvalue weighted by molar-refractivity contribution is -0.117. The summed E-state index contributed by atoms with van der Waals surface area (Å²) in [5, 5.41) is 2.79. The molecule has 0 aromatic heterocycles. The number of hydrogen-bond acceptors (Lipinski definition) is 3. The van der Waals surface area contributed by atoms with Gasteiger partial charge in [0.2, 0.25) is 5.91 Å². The number of nitrogens with one attached hydrogen (secondary N) is 1. The van der Waals surface area contributed by atoms with Gasteiger partial charge in [0.05, 0.1) is 6.04 Å². The minimum absolute atomic E-state index is 0.151. The fraction of sp³-hybridized carbons (Fsp3) is 0.417. The lowest BCUT2D eigenvalue weighted by Gasteiger charge is -2.11. The molecule has 3 N–H and O–H groups in total. The van der Waals surface area contributed by atoms with E-state index in [2.05, 4.69) is 27.9 Å². The molecule has 0 aliphatic carbocycles. The molecule has 1 aromatic carbocycles. The maximum absolute atomic E-state index is 11.7. The van der Waals surface area contributed by atoms with Crippen molar-refractivity contribution in [1.82, 2.24) is 0 Å². The van der Waals surface area contributed by atoms with Crippen LogP contribution in [0.15, 0.2) is 24.3 Å². The number of ether oxygens (including phenoxy) is 1. The molecule has 0 aliphatic rings. The first-order valence-corrected chi connectivity index (χ1v) is 6.52. The molecule has 1 rings (SSSR count). The quantitative estimate of drug-likeness (QED) is 0.610. The van der Waals surface area contributed by atoms with E-state index >= 15 is 0 Å². The SMILES string of the molecule is COCCCC(N)C(=O)Nc1ccc(I)cc1. The third-order valence-electron chi connectivity index (χ3n) is 2.31. The number of hydrogen-bond donors (Lipinski definition) is 2. The van der Waals surface area contributed by atoms with E-state index in [0.717, 1.165) is 15.7 Å². The van der Waals surface area contributed by atoms with Crippen molar-refractivity contribution in [3.8, 4) is 0 Å². The smallest absolute Gasteiger partial charge is 0.241 e. The molecular formula is C12H17IN2O2. The third-order valence-corrected chi connectivity index (χ3v) is 3.03. The van der Waals surface area contributed by atoms with Crippen molar-refractivity contribution >= 4 is 34.2 Å². The molecule has 94 valence electrons. The van der Waals surface area contributed by atoms with Crippen LogP contribution in [0, 0.1) is 3.57 Å². The van der Waals surface area contributed by atoms with E-state index in [9.17, 15) is 4.79 Å². The van der Waals surface area contributed by atoms with Crippen LogP contribution in [0.5, 0.6) is 0 Å². The van der Waals surface area contributed by atoms with Crippen LogP contribution < -0.4 is 11.1 Å². The van der Waals surface area contributed by atoms with Crippen LogP contribution in [0.4, 0.5) is 5.69 Å². The van der Waals surface area contributed by atoms with E-state index < -0.39 is 6.04 Å². The van der Waals surface area contributed by atoms with Crippen molar-refractivity contribution in [2.45, 2.75) is 18.9 Å². The molecule has 0 saturated carbocycles. The molecule has 0 fully saturated rings. The number of amides is 1. The summed E-state index contributed by atoms with van der Waals surface area (Å²) in [7, 11) is 1.64. The Morgan fingerprint density at radius 2 is 2.12 bits per heavy atom. The second-order valence-electron chi connectivity index (χ2n) is 3.74. The average Bonchev–Trinajstić information content (AvgIpc) is 2.32. The fourth-order valence-electron chi connectivity index (χ4n) is 1.35. The highest BCUT2D eigenvalue weighted by atomic mass is 127. The Bertz CT molecular complexity index is 354. The zero-order chi connectivity index (χ0) is 12.7. The van der Waals surface area contributed by atoms with E-state index in [1.165, 1.54) is 0 Å². The van der Waals surface area contributed by atoms with Gasteiger partial charge in [0.1, 0.15) is 0 Å². The Hall–Kier alpha value is -0.660. The zero-order valence-electron chi connectivity index (χ0n) is 9.78. The lowest BCUT2D eigenvalue weighted by Crippen LogP contribution is -2.35. The number of benzene rings is 1. The molecule has 0 spiro atoms. The van der Waals surface area contributed by atoms with Crippen molar-refractivity contribution in [1.29, 1.82) is 0 Å².